The number of amides is 1. The number of nitrogens with one attached hydrogen (secondary N) is 3. The number of hydrogen-bond acceptors (Lipinski definition) is 6. The summed E-state index contributed by atoms with van der Waals surface area (Å²) in [6, 6.07) is 9.48. The second kappa shape index (κ2) is 6.69. The van der Waals surface area contributed by atoms with Crippen molar-refractivity contribution in [2.75, 3.05) is 6.54 Å². The van der Waals surface area contributed by atoms with Crippen LogP contribution < -0.4 is 5.32 Å². The minimum atomic E-state index is -0.666. The van der Waals surface area contributed by atoms with E-state index in [0.29, 0.717) is 18.1 Å². The summed E-state index contributed by atoms with van der Waals surface area (Å²) in [4.78, 5) is 26.4. The summed E-state index contributed by atoms with van der Waals surface area (Å²) < 4.78 is 0. The van der Waals surface area contributed by atoms with E-state index in [0.717, 1.165) is 11.8 Å². The van der Waals surface area contributed by atoms with Gasteiger partial charge in [-0.1, -0.05) is 30.3 Å². The Bertz CT molecular complexity index is 856. The lowest BCUT2D eigenvalue weighted by Gasteiger charge is -2.01. The molecule has 0 radical (unpaired) electrons. The summed E-state index contributed by atoms with van der Waals surface area (Å²) in [6.07, 6.45) is 1.41. The van der Waals surface area contributed by atoms with Crippen LogP contribution in [-0.2, 0) is 6.42 Å². The van der Waals surface area contributed by atoms with Crippen LogP contribution in [0.2, 0.25) is 0 Å². The molecular weight excluding hydrogens is 314 g/mol. The number of benzene rings is 1. The number of nitro groups is 1. The fourth-order valence-electron chi connectivity index (χ4n) is 2.09. The van der Waals surface area contributed by atoms with Gasteiger partial charge >= 0.3 is 5.69 Å². The highest BCUT2D eigenvalue weighted by atomic mass is 16.6. The topological polar surface area (TPSA) is 142 Å². The third-order valence-corrected chi connectivity index (χ3v) is 3.25. The van der Waals surface area contributed by atoms with E-state index in [1.165, 1.54) is 0 Å². The van der Waals surface area contributed by atoms with Crippen LogP contribution in [0.3, 0.4) is 0 Å². The number of H-pyrrole nitrogens is 2. The normalized spacial score (nSPS) is 10.5. The summed E-state index contributed by atoms with van der Waals surface area (Å²) in [5.41, 5.74) is 0.346. The molecule has 10 heteroatoms. The molecule has 0 atom stereocenters. The van der Waals surface area contributed by atoms with Crippen LogP contribution in [0.4, 0.5) is 5.69 Å². The van der Waals surface area contributed by atoms with E-state index in [1.54, 1.807) is 0 Å². The number of carbonyl (C=O) groups excluding carboxylic acids is 1. The molecule has 0 fully saturated rings. The third kappa shape index (κ3) is 3.27. The Hall–Kier alpha value is -3.56. The van der Waals surface area contributed by atoms with Crippen LogP contribution in [0.15, 0.2) is 36.5 Å². The largest absolute Gasteiger partial charge is 0.350 e. The zero-order chi connectivity index (χ0) is 16.9. The van der Waals surface area contributed by atoms with E-state index in [1.807, 2.05) is 30.3 Å². The van der Waals surface area contributed by atoms with Gasteiger partial charge in [0.15, 0.2) is 5.82 Å². The summed E-state index contributed by atoms with van der Waals surface area (Å²) >= 11 is 0. The standard InChI is InChI=1S/C14H13N7O3/c22-14(12-10(21(23)24)8-16-19-12)15-7-6-11-17-13(20-18-11)9-4-2-1-3-5-9/h1-5,8H,6-7H2,(H,15,22)(H,16,19)(H,17,18,20). The van der Waals surface area contributed by atoms with E-state index in [2.05, 4.69) is 30.7 Å². The molecule has 3 aromatic rings. The Balaban J connectivity index is 1.57. The zero-order valence-electron chi connectivity index (χ0n) is 12.4. The van der Waals surface area contributed by atoms with E-state index in [9.17, 15) is 14.9 Å². The number of aromatic amines is 2. The molecule has 3 N–H and O–H groups in total. The Morgan fingerprint density at radius 1 is 1.25 bits per heavy atom. The first-order valence-corrected chi connectivity index (χ1v) is 7.08. The van der Waals surface area contributed by atoms with Crippen LogP contribution >= 0.6 is 0 Å². The van der Waals surface area contributed by atoms with Crippen molar-refractivity contribution >= 4 is 11.6 Å². The average Bonchev–Trinajstić information content (AvgIpc) is 3.25. The lowest BCUT2D eigenvalue weighted by Crippen LogP contribution is -2.27. The average molecular weight is 327 g/mol. The van der Waals surface area contributed by atoms with Crippen molar-refractivity contribution in [1.29, 1.82) is 0 Å². The molecule has 1 aromatic carbocycles. The summed E-state index contributed by atoms with van der Waals surface area (Å²) in [6.45, 7) is 0.248. The second-order valence-electron chi connectivity index (χ2n) is 4.86. The van der Waals surface area contributed by atoms with Gasteiger partial charge in [0.1, 0.15) is 12.0 Å². The molecule has 0 saturated heterocycles. The predicted octanol–water partition coefficient (Wildman–Crippen LogP) is 1.08. The molecule has 0 aliphatic carbocycles. The predicted molar refractivity (Wildman–Crippen MR) is 83.1 cm³/mol. The lowest BCUT2D eigenvalue weighted by molar-refractivity contribution is -0.385. The molecule has 0 saturated carbocycles. The Labute approximate surface area is 135 Å². The number of aromatic nitrogens is 5. The highest BCUT2D eigenvalue weighted by molar-refractivity contribution is 5.95. The van der Waals surface area contributed by atoms with Gasteiger partial charge in [0.25, 0.3) is 5.91 Å². The van der Waals surface area contributed by atoms with Crippen LogP contribution in [0, 0.1) is 10.1 Å². The molecule has 1 amide bonds. The molecule has 0 bridgehead atoms. The third-order valence-electron chi connectivity index (χ3n) is 3.25. The maximum Gasteiger partial charge on any atom is 0.319 e. The molecule has 0 aliphatic heterocycles. The van der Waals surface area contributed by atoms with Crippen molar-refractivity contribution in [3.63, 3.8) is 0 Å². The van der Waals surface area contributed by atoms with E-state index >= 15 is 0 Å². The monoisotopic (exact) mass is 327 g/mol. The van der Waals surface area contributed by atoms with Gasteiger partial charge in [0.05, 0.1) is 4.92 Å². The molecule has 3 rings (SSSR count). The zero-order valence-corrected chi connectivity index (χ0v) is 12.4. The SMILES string of the molecule is O=C(NCCc1nc(-c2ccccc2)n[nH]1)c1[nH]ncc1[N+](=O)[O-]. The maximum absolute atomic E-state index is 11.9. The van der Waals surface area contributed by atoms with Gasteiger partial charge in [-0.3, -0.25) is 25.1 Å². The van der Waals surface area contributed by atoms with Gasteiger partial charge in [0, 0.05) is 18.5 Å². The Morgan fingerprint density at radius 3 is 2.79 bits per heavy atom. The summed E-state index contributed by atoms with van der Waals surface area (Å²) in [5.74, 6) is 0.580. The molecular formula is C14H13N7O3. The summed E-state index contributed by atoms with van der Waals surface area (Å²) in [7, 11) is 0. The smallest absolute Gasteiger partial charge is 0.319 e. The summed E-state index contributed by atoms with van der Waals surface area (Å²) in [5, 5.41) is 26.1. The van der Waals surface area contributed by atoms with Crippen molar-refractivity contribution in [2.24, 2.45) is 0 Å². The van der Waals surface area contributed by atoms with Gasteiger partial charge in [-0.25, -0.2) is 4.98 Å². The van der Waals surface area contributed by atoms with Gasteiger partial charge in [-0.2, -0.15) is 10.2 Å². The number of rotatable bonds is 6. The first-order valence-electron chi connectivity index (χ1n) is 7.08. The molecule has 10 nitrogen and oxygen atoms in total. The Morgan fingerprint density at radius 2 is 2.04 bits per heavy atom. The molecule has 0 unspecified atom stereocenters. The van der Waals surface area contributed by atoms with Gasteiger partial charge in [-0.05, 0) is 0 Å². The molecule has 2 heterocycles. The van der Waals surface area contributed by atoms with Crippen LogP contribution in [0.25, 0.3) is 11.4 Å². The van der Waals surface area contributed by atoms with Gasteiger partial charge < -0.3 is 5.32 Å². The minimum absolute atomic E-state index is 0.178. The second-order valence-corrected chi connectivity index (χ2v) is 4.86. The van der Waals surface area contributed by atoms with Gasteiger partial charge in [-0.15, -0.1) is 0 Å². The number of hydrogen-bond donors (Lipinski definition) is 3. The first-order chi connectivity index (χ1) is 11.6. The first kappa shape index (κ1) is 15.3. The molecule has 24 heavy (non-hydrogen) atoms. The molecule has 2 aromatic heterocycles. The van der Waals surface area contributed by atoms with Crippen LogP contribution in [-0.4, -0.2) is 42.8 Å². The van der Waals surface area contributed by atoms with Crippen molar-refractivity contribution < 1.29 is 9.72 Å². The van der Waals surface area contributed by atoms with E-state index < -0.39 is 10.8 Å². The Kier molecular flexibility index (Phi) is 4.27. The van der Waals surface area contributed by atoms with E-state index in [-0.39, 0.29) is 17.9 Å². The highest BCUT2D eigenvalue weighted by Crippen LogP contribution is 2.14. The van der Waals surface area contributed by atoms with Gasteiger partial charge in [0.2, 0.25) is 5.69 Å². The van der Waals surface area contributed by atoms with Crippen LogP contribution in [0.1, 0.15) is 16.3 Å². The van der Waals surface area contributed by atoms with E-state index in [4.69, 9.17) is 0 Å². The molecule has 0 aliphatic rings. The molecule has 122 valence electrons. The number of carbonyl (C=O) groups is 1. The molecule has 0 spiro atoms. The van der Waals surface area contributed by atoms with Crippen molar-refractivity contribution in [2.45, 2.75) is 6.42 Å². The quantitative estimate of drug-likeness (QED) is 0.456. The minimum Gasteiger partial charge on any atom is -0.350 e. The highest BCUT2D eigenvalue weighted by Gasteiger charge is 2.22. The van der Waals surface area contributed by atoms with Crippen molar-refractivity contribution in [1.82, 2.24) is 30.7 Å². The van der Waals surface area contributed by atoms with Crippen molar-refractivity contribution in [3.8, 4) is 11.4 Å². The maximum atomic E-state index is 11.9. The fourth-order valence-corrected chi connectivity index (χ4v) is 2.09. The number of nitrogens with zero attached hydrogens (tertiary/aromatic N) is 4. The van der Waals surface area contributed by atoms with Crippen LogP contribution in [0.5, 0.6) is 0 Å². The lowest BCUT2D eigenvalue weighted by atomic mass is 10.2. The fraction of sp³-hybridized carbons (Fsp3) is 0.143. The van der Waals surface area contributed by atoms with Crippen molar-refractivity contribution in [3.05, 3.63) is 58.2 Å².